The van der Waals surface area contributed by atoms with Gasteiger partial charge in [-0.15, -0.1) is 0 Å². The van der Waals surface area contributed by atoms with Gasteiger partial charge in [-0.1, -0.05) is 23.4 Å². The Bertz CT molecular complexity index is 357. The van der Waals surface area contributed by atoms with Crippen LogP contribution in [0.25, 0.3) is 0 Å². The van der Waals surface area contributed by atoms with Gasteiger partial charge in [0.15, 0.2) is 0 Å². The average molecular weight is 225 g/mol. The summed E-state index contributed by atoms with van der Waals surface area (Å²) in [5.74, 6) is 0.581. The van der Waals surface area contributed by atoms with Gasteiger partial charge in [0, 0.05) is 11.0 Å². The lowest BCUT2D eigenvalue weighted by molar-refractivity contribution is 0.103. The van der Waals surface area contributed by atoms with Crippen molar-refractivity contribution in [1.29, 1.82) is 5.53 Å². The molecule has 0 saturated carbocycles. The highest BCUT2D eigenvalue weighted by Gasteiger charge is 2.01. The van der Waals surface area contributed by atoms with Crippen molar-refractivity contribution in [3.8, 4) is 0 Å². The topological polar surface area (TPSA) is 74.9 Å². The molecule has 0 aliphatic rings. The predicted molar refractivity (Wildman–Crippen MR) is 58.6 cm³/mol. The van der Waals surface area contributed by atoms with Crippen molar-refractivity contribution in [2.75, 3.05) is 0 Å². The Hall–Kier alpha value is -1.43. The number of nitroso groups, excluding NO2 is 1. The zero-order chi connectivity index (χ0) is 11.1. The van der Waals surface area contributed by atoms with E-state index in [-0.39, 0.29) is 13.2 Å². The smallest absolute Gasteiger partial charge is 0.144 e. The molecule has 0 aromatic heterocycles. The largest absolute Gasteiger partial charge is 0.375 e. The molecule has 0 aliphatic heterocycles. The summed E-state index contributed by atoms with van der Waals surface area (Å²) in [6.07, 6.45) is 0. The first-order chi connectivity index (χ1) is 7.30. The molecule has 15 heavy (non-hydrogen) atoms. The van der Waals surface area contributed by atoms with E-state index in [1.165, 1.54) is 0 Å². The van der Waals surface area contributed by atoms with Crippen LogP contribution in [0.5, 0.6) is 0 Å². The molecule has 5 nitrogen and oxygen atoms in total. The first-order valence-electron chi connectivity index (χ1n) is 4.30. The summed E-state index contributed by atoms with van der Waals surface area (Å²) in [5, 5.41) is 5.63. The summed E-state index contributed by atoms with van der Waals surface area (Å²) in [7, 11) is 0. The molecular weight excluding hydrogens is 214 g/mol. The van der Waals surface area contributed by atoms with Crippen LogP contribution in [0.15, 0.2) is 28.7 Å². The van der Waals surface area contributed by atoms with Gasteiger partial charge >= 0.3 is 0 Å². The summed E-state index contributed by atoms with van der Waals surface area (Å²) in [6, 6.07) is 5.57. The van der Waals surface area contributed by atoms with Crippen LogP contribution < -0.4 is 0 Å². The fourth-order valence-corrected chi connectivity index (χ4v) is 1.47. The standard InChI is InChI=1S/C9H11N3O2S/c10-12-14-5-8-1-7(4-11-13)2-9(3-8)6-15/h1-3,10,15H,4-6H2. The van der Waals surface area contributed by atoms with Crippen molar-refractivity contribution in [1.82, 2.24) is 0 Å². The average Bonchev–Trinajstić information content (AvgIpc) is 2.26. The maximum absolute atomic E-state index is 10.2. The second-order valence-corrected chi connectivity index (χ2v) is 3.28. The molecule has 1 aromatic rings. The molecule has 0 fully saturated rings. The number of benzene rings is 1. The third-order valence-corrected chi connectivity index (χ3v) is 2.20. The molecule has 1 aromatic carbocycles. The van der Waals surface area contributed by atoms with Crippen molar-refractivity contribution in [2.24, 2.45) is 10.5 Å². The second-order valence-electron chi connectivity index (χ2n) is 2.97. The molecule has 0 amide bonds. The third-order valence-electron chi connectivity index (χ3n) is 1.84. The number of hydrogen-bond acceptors (Lipinski definition) is 6. The maximum Gasteiger partial charge on any atom is 0.144 e. The maximum atomic E-state index is 10.2. The first-order valence-corrected chi connectivity index (χ1v) is 4.94. The molecule has 0 spiro atoms. The van der Waals surface area contributed by atoms with E-state index in [2.05, 4.69) is 27.9 Å². The predicted octanol–water partition coefficient (Wildman–Crippen LogP) is 2.85. The number of rotatable bonds is 6. The second kappa shape index (κ2) is 6.13. The van der Waals surface area contributed by atoms with Crippen LogP contribution in [-0.4, -0.2) is 0 Å². The lowest BCUT2D eigenvalue weighted by Gasteiger charge is -2.05. The van der Waals surface area contributed by atoms with E-state index in [0.717, 1.165) is 16.7 Å². The molecule has 80 valence electrons. The minimum absolute atomic E-state index is 0.132. The zero-order valence-corrected chi connectivity index (χ0v) is 8.91. The quantitative estimate of drug-likeness (QED) is 0.338. The molecule has 0 radical (unpaired) electrons. The highest BCUT2D eigenvalue weighted by atomic mass is 32.1. The van der Waals surface area contributed by atoms with Crippen LogP contribution >= 0.6 is 12.6 Å². The number of nitrogens with zero attached hydrogens (tertiary/aromatic N) is 2. The first kappa shape index (κ1) is 11.6. The van der Waals surface area contributed by atoms with Crippen molar-refractivity contribution in [3.63, 3.8) is 0 Å². The molecule has 1 N–H and O–H groups in total. The summed E-state index contributed by atoms with van der Waals surface area (Å²) in [5.41, 5.74) is 9.17. The van der Waals surface area contributed by atoms with Crippen LogP contribution in [0, 0.1) is 10.4 Å². The molecule has 0 atom stereocenters. The Morgan fingerprint density at radius 1 is 1.27 bits per heavy atom. The van der Waals surface area contributed by atoms with Gasteiger partial charge in [0.2, 0.25) is 0 Å². The van der Waals surface area contributed by atoms with Gasteiger partial charge in [-0.3, -0.25) is 0 Å². The summed E-state index contributed by atoms with van der Waals surface area (Å²) >= 11 is 4.15. The fourth-order valence-electron chi connectivity index (χ4n) is 1.29. The Morgan fingerprint density at radius 3 is 2.53 bits per heavy atom. The van der Waals surface area contributed by atoms with Gasteiger partial charge in [-0.05, 0) is 16.7 Å². The molecule has 6 heteroatoms. The van der Waals surface area contributed by atoms with Gasteiger partial charge in [-0.2, -0.15) is 23.1 Å². The monoisotopic (exact) mass is 225 g/mol. The highest BCUT2D eigenvalue weighted by Crippen LogP contribution is 2.14. The van der Waals surface area contributed by atoms with Crippen molar-refractivity contribution >= 4 is 12.6 Å². The van der Waals surface area contributed by atoms with E-state index in [1.807, 2.05) is 12.1 Å². The van der Waals surface area contributed by atoms with Crippen LogP contribution in [0.1, 0.15) is 16.7 Å². The zero-order valence-electron chi connectivity index (χ0n) is 8.01. The van der Waals surface area contributed by atoms with Crippen molar-refractivity contribution < 1.29 is 4.84 Å². The lowest BCUT2D eigenvalue weighted by Crippen LogP contribution is -1.92. The van der Waals surface area contributed by atoms with Gasteiger partial charge in [0.1, 0.15) is 13.2 Å². The summed E-state index contributed by atoms with van der Waals surface area (Å²) < 4.78 is 0. The molecule has 0 bridgehead atoms. The van der Waals surface area contributed by atoms with E-state index in [4.69, 9.17) is 5.53 Å². The van der Waals surface area contributed by atoms with E-state index in [0.29, 0.717) is 5.75 Å². The van der Waals surface area contributed by atoms with Gasteiger partial charge in [0.25, 0.3) is 0 Å². The lowest BCUT2D eigenvalue weighted by atomic mass is 10.1. The van der Waals surface area contributed by atoms with Gasteiger partial charge in [0.05, 0.1) is 0 Å². The number of hydrogen-bond donors (Lipinski definition) is 2. The Kier molecular flexibility index (Phi) is 4.76. The van der Waals surface area contributed by atoms with Gasteiger partial charge < -0.3 is 4.84 Å². The SMILES string of the molecule is N=NOCc1cc(CS)cc(CN=O)c1. The molecule has 1 rings (SSSR count). The van der Waals surface area contributed by atoms with Gasteiger partial charge in [-0.25, -0.2) is 0 Å². The Morgan fingerprint density at radius 2 is 1.93 bits per heavy atom. The number of nitrogens with one attached hydrogen (secondary N) is 1. The Balaban J connectivity index is 2.88. The number of thiol groups is 1. The molecule has 0 aliphatic carbocycles. The third kappa shape index (κ3) is 3.67. The van der Waals surface area contributed by atoms with E-state index in [9.17, 15) is 4.91 Å². The van der Waals surface area contributed by atoms with Crippen LogP contribution in [0.2, 0.25) is 0 Å². The van der Waals surface area contributed by atoms with Crippen LogP contribution in [0.3, 0.4) is 0 Å². The fraction of sp³-hybridized carbons (Fsp3) is 0.333. The molecule has 0 unspecified atom stereocenters. The molecule has 0 saturated heterocycles. The minimum atomic E-state index is 0.132. The summed E-state index contributed by atoms with van der Waals surface area (Å²) in [4.78, 5) is 14.8. The van der Waals surface area contributed by atoms with Crippen LogP contribution in [0.4, 0.5) is 0 Å². The summed E-state index contributed by atoms with van der Waals surface area (Å²) in [6.45, 7) is 0.351. The molecule has 0 heterocycles. The van der Waals surface area contributed by atoms with Crippen molar-refractivity contribution in [2.45, 2.75) is 18.9 Å². The molecular formula is C9H11N3O2S. The van der Waals surface area contributed by atoms with E-state index in [1.54, 1.807) is 6.07 Å². The van der Waals surface area contributed by atoms with E-state index >= 15 is 0 Å². The highest BCUT2D eigenvalue weighted by molar-refractivity contribution is 7.79. The van der Waals surface area contributed by atoms with Crippen LogP contribution in [-0.2, 0) is 23.7 Å². The van der Waals surface area contributed by atoms with Crippen molar-refractivity contribution in [3.05, 3.63) is 39.8 Å². The minimum Gasteiger partial charge on any atom is -0.375 e. The van der Waals surface area contributed by atoms with E-state index < -0.39 is 0 Å². The normalized spacial score (nSPS) is 9.67. The Labute approximate surface area is 92.7 Å².